The maximum absolute atomic E-state index is 12.5. The highest BCUT2D eigenvalue weighted by Crippen LogP contribution is 2.26. The summed E-state index contributed by atoms with van der Waals surface area (Å²) >= 11 is 0. The van der Waals surface area contributed by atoms with E-state index in [1.807, 2.05) is 30.0 Å². The topological polar surface area (TPSA) is 41.6 Å². The molecule has 136 valence electrons. The molecule has 4 nitrogen and oxygen atoms in total. The van der Waals surface area contributed by atoms with Gasteiger partial charge in [0.15, 0.2) is 6.23 Å². The number of nitrogens with zero attached hydrogens (tertiary/aromatic N) is 1. The second kappa shape index (κ2) is 11.0. The number of hydrogen-bond donors (Lipinski definition) is 1. The van der Waals surface area contributed by atoms with E-state index in [2.05, 4.69) is 39.1 Å². The number of rotatable bonds is 10. The number of hydrogen-bond acceptors (Lipinski definition) is 2. The molecule has 0 spiro atoms. The lowest BCUT2D eigenvalue weighted by atomic mass is 10.0. The Hall–Kier alpha value is -1.71. The Morgan fingerprint density at radius 2 is 1.67 bits per heavy atom. The first-order valence-electron chi connectivity index (χ1n) is 9.30. The lowest BCUT2D eigenvalue weighted by Gasteiger charge is -2.26. The molecule has 1 N–H and O–H groups in total. The van der Waals surface area contributed by atoms with Crippen LogP contribution in [-0.4, -0.2) is 30.2 Å². The van der Waals surface area contributed by atoms with Gasteiger partial charge in [0.1, 0.15) is 5.75 Å². The minimum absolute atomic E-state index is 0.0357. The Kier molecular flexibility index (Phi) is 9.28. The summed E-state index contributed by atoms with van der Waals surface area (Å²) in [7, 11) is 0. The third kappa shape index (κ3) is 6.81. The second-order valence-corrected chi connectivity index (χ2v) is 6.60. The van der Waals surface area contributed by atoms with Gasteiger partial charge in [-0.3, -0.25) is 0 Å². The van der Waals surface area contributed by atoms with Crippen LogP contribution in [0.3, 0.4) is 0 Å². The monoisotopic (exact) mass is 334 g/mol. The summed E-state index contributed by atoms with van der Waals surface area (Å²) < 4.78 is 5.98. The number of nitrogens with one attached hydrogen (secondary N) is 1. The average Bonchev–Trinajstić information content (AvgIpc) is 2.55. The zero-order chi connectivity index (χ0) is 17.9. The molecule has 1 unspecified atom stereocenters. The maximum Gasteiger partial charge on any atom is 0.320 e. The molecule has 0 saturated heterocycles. The van der Waals surface area contributed by atoms with Crippen LogP contribution in [0.2, 0.25) is 0 Å². The van der Waals surface area contributed by atoms with Crippen LogP contribution in [0, 0.1) is 0 Å². The van der Waals surface area contributed by atoms with Crippen LogP contribution in [-0.2, 0) is 0 Å². The smallest absolute Gasteiger partial charge is 0.320 e. The zero-order valence-electron chi connectivity index (χ0n) is 16.0. The molecule has 1 atom stereocenters. The van der Waals surface area contributed by atoms with Crippen molar-refractivity contribution in [3.63, 3.8) is 0 Å². The maximum atomic E-state index is 12.5. The van der Waals surface area contributed by atoms with Crippen LogP contribution < -0.4 is 10.1 Å². The third-order valence-electron chi connectivity index (χ3n) is 4.02. The molecule has 0 fully saturated rings. The van der Waals surface area contributed by atoms with Crippen molar-refractivity contribution in [3.8, 4) is 5.75 Å². The van der Waals surface area contributed by atoms with Crippen molar-refractivity contribution in [2.75, 3.05) is 13.1 Å². The van der Waals surface area contributed by atoms with Gasteiger partial charge in [-0.2, -0.15) is 0 Å². The standard InChI is InChI=1S/C20H34N2O2/c1-6-8-14-22(15-9-7-2)20(23)21-17(5)24-19-13-11-10-12-18(19)16(3)4/h10-13,16-17H,6-9,14-15H2,1-5H3,(H,21,23). The summed E-state index contributed by atoms with van der Waals surface area (Å²) in [6.45, 7) is 12.1. The van der Waals surface area contributed by atoms with Gasteiger partial charge in [-0.25, -0.2) is 4.79 Å². The highest BCUT2D eigenvalue weighted by atomic mass is 16.5. The van der Waals surface area contributed by atoms with Crippen molar-refractivity contribution >= 4 is 6.03 Å². The SMILES string of the molecule is CCCCN(CCCC)C(=O)NC(C)Oc1ccccc1C(C)C. The Bertz CT molecular complexity index is 480. The quantitative estimate of drug-likeness (QED) is 0.601. The fourth-order valence-corrected chi connectivity index (χ4v) is 2.56. The normalized spacial score (nSPS) is 12.1. The number of unbranched alkanes of at least 4 members (excludes halogenated alkanes) is 2. The molecule has 0 aromatic heterocycles. The predicted molar refractivity (Wildman–Crippen MR) is 101 cm³/mol. The fraction of sp³-hybridized carbons (Fsp3) is 0.650. The predicted octanol–water partition coefficient (Wildman–Crippen LogP) is 5.15. The molecule has 1 aromatic rings. The Balaban J connectivity index is 2.64. The molecule has 1 rings (SSSR count). The van der Waals surface area contributed by atoms with Gasteiger partial charge in [0.2, 0.25) is 0 Å². The zero-order valence-corrected chi connectivity index (χ0v) is 16.0. The summed E-state index contributed by atoms with van der Waals surface area (Å²) in [5, 5.41) is 2.98. The number of carbonyl (C=O) groups excluding carboxylic acids is 1. The molecule has 2 amide bonds. The minimum atomic E-state index is -0.358. The molecule has 4 heteroatoms. The number of amides is 2. The van der Waals surface area contributed by atoms with Gasteiger partial charge in [0, 0.05) is 13.1 Å². The number of carbonyl (C=O) groups is 1. The van der Waals surface area contributed by atoms with Gasteiger partial charge < -0.3 is 15.0 Å². The highest BCUT2D eigenvalue weighted by molar-refractivity contribution is 5.74. The summed E-state index contributed by atoms with van der Waals surface area (Å²) in [5.74, 6) is 1.23. The van der Waals surface area contributed by atoms with Crippen LogP contribution in [0.1, 0.15) is 71.8 Å². The van der Waals surface area contributed by atoms with Crippen molar-refractivity contribution in [1.29, 1.82) is 0 Å². The average molecular weight is 335 g/mol. The molecule has 0 saturated carbocycles. The summed E-state index contributed by atoms with van der Waals surface area (Å²) in [6.07, 6.45) is 3.88. The molecule has 1 aromatic carbocycles. The van der Waals surface area contributed by atoms with E-state index in [1.54, 1.807) is 0 Å². The van der Waals surface area contributed by atoms with Gasteiger partial charge in [0.25, 0.3) is 0 Å². The van der Waals surface area contributed by atoms with Gasteiger partial charge in [-0.05, 0) is 37.3 Å². The summed E-state index contributed by atoms with van der Waals surface area (Å²) in [4.78, 5) is 14.4. The molecule has 0 aliphatic heterocycles. The Labute approximate surface area is 147 Å². The highest BCUT2D eigenvalue weighted by Gasteiger charge is 2.17. The van der Waals surface area contributed by atoms with E-state index >= 15 is 0 Å². The van der Waals surface area contributed by atoms with Gasteiger partial charge in [0.05, 0.1) is 0 Å². The van der Waals surface area contributed by atoms with Crippen molar-refractivity contribution < 1.29 is 9.53 Å². The Morgan fingerprint density at radius 3 is 2.21 bits per heavy atom. The van der Waals surface area contributed by atoms with E-state index in [9.17, 15) is 4.79 Å². The molecule has 0 heterocycles. The lowest BCUT2D eigenvalue weighted by Crippen LogP contribution is -2.46. The minimum Gasteiger partial charge on any atom is -0.471 e. The largest absolute Gasteiger partial charge is 0.471 e. The van der Waals surface area contributed by atoms with E-state index in [1.165, 1.54) is 0 Å². The van der Waals surface area contributed by atoms with E-state index in [-0.39, 0.29) is 12.3 Å². The number of para-hydroxylation sites is 1. The number of urea groups is 1. The van der Waals surface area contributed by atoms with Crippen LogP contribution in [0.25, 0.3) is 0 Å². The van der Waals surface area contributed by atoms with Crippen LogP contribution in [0.4, 0.5) is 4.79 Å². The lowest BCUT2D eigenvalue weighted by molar-refractivity contribution is 0.151. The van der Waals surface area contributed by atoms with E-state index in [0.717, 1.165) is 50.1 Å². The van der Waals surface area contributed by atoms with Crippen LogP contribution >= 0.6 is 0 Å². The first-order valence-corrected chi connectivity index (χ1v) is 9.30. The Morgan fingerprint density at radius 1 is 1.08 bits per heavy atom. The van der Waals surface area contributed by atoms with E-state index in [4.69, 9.17) is 4.74 Å². The van der Waals surface area contributed by atoms with E-state index < -0.39 is 0 Å². The third-order valence-corrected chi connectivity index (χ3v) is 4.02. The number of benzene rings is 1. The molecular weight excluding hydrogens is 300 g/mol. The van der Waals surface area contributed by atoms with Gasteiger partial charge >= 0.3 is 6.03 Å². The molecule has 0 aliphatic rings. The van der Waals surface area contributed by atoms with Crippen molar-refractivity contribution in [1.82, 2.24) is 10.2 Å². The fourth-order valence-electron chi connectivity index (χ4n) is 2.56. The van der Waals surface area contributed by atoms with Gasteiger partial charge in [-0.15, -0.1) is 0 Å². The first kappa shape index (κ1) is 20.3. The van der Waals surface area contributed by atoms with Crippen LogP contribution in [0.15, 0.2) is 24.3 Å². The molecule has 0 aliphatic carbocycles. The van der Waals surface area contributed by atoms with Crippen molar-refractivity contribution in [3.05, 3.63) is 29.8 Å². The van der Waals surface area contributed by atoms with Crippen molar-refractivity contribution in [2.45, 2.75) is 72.4 Å². The first-order chi connectivity index (χ1) is 11.5. The van der Waals surface area contributed by atoms with E-state index in [0.29, 0.717) is 5.92 Å². The molecular formula is C20H34N2O2. The molecule has 24 heavy (non-hydrogen) atoms. The van der Waals surface area contributed by atoms with Crippen LogP contribution in [0.5, 0.6) is 5.75 Å². The molecule has 0 radical (unpaired) electrons. The molecule has 0 bridgehead atoms. The second-order valence-electron chi connectivity index (χ2n) is 6.60. The number of ether oxygens (including phenoxy) is 1. The van der Waals surface area contributed by atoms with Gasteiger partial charge in [-0.1, -0.05) is 58.7 Å². The van der Waals surface area contributed by atoms with Crippen molar-refractivity contribution in [2.24, 2.45) is 0 Å². The summed E-state index contributed by atoms with van der Waals surface area (Å²) in [5.41, 5.74) is 1.16. The summed E-state index contributed by atoms with van der Waals surface area (Å²) in [6, 6.07) is 7.98.